The van der Waals surface area contributed by atoms with E-state index in [1.807, 2.05) is 27.7 Å². The lowest BCUT2D eigenvalue weighted by atomic mass is 10.1. The van der Waals surface area contributed by atoms with Crippen LogP contribution in [0.1, 0.15) is 72.6 Å². The summed E-state index contributed by atoms with van der Waals surface area (Å²) in [5.74, 6) is -0.844. The predicted molar refractivity (Wildman–Crippen MR) is 155 cm³/mol. The number of nitrogens with zero attached hydrogens (tertiary/aromatic N) is 2. The van der Waals surface area contributed by atoms with Crippen LogP contribution in [0.15, 0.2) is 23.4 Å². The number of carbonyl (C=O) groups excluding carboxylic acids is 3. The summed E-state index contributed by atoms with van der Waals surface area (Å²) in [5, 5.41) is 17.0. The van der Waals surface area contributed by atoms with Crippen LogP contribution in [0.25, 0.3) is 0 Å². The molecule has 2 N–H and O–H groups in total. The van der Waals surface area contributed by atoms with Crippen molar-refractivity contribution in [3.8, 4) is 0 Å². The van der Waals surface area contributed by atoms with Crippen LogP contribution >= 0.6 is 21.6 Å². The number of methoxy groups -OCH3 is 1. The largest absolute Gasteiger partial charge is 0.460 e. The van der Waals surface area contributed by atoms with Gasteiger partial charge >= 0.3 is 5.97 Å². The third kappa shape index (κ3) is 16.0. The quantitative estimate of drug-likeness (QED) is 0.0512. The van der Waals surface area contributed by atoms with E-state index in [0.717, 1.165) is 12.8 Å². The molecule has 40 heavy (non-hydrogen) atoms. The smallest absolute Gasteiger partial charge is 0.306 e. The molecule has 1 atom stereocenters. The van der Waals surface area contributed by atoms with Crippen LogP contribution in [0.5, 0.6) is 0 Å². The van der Waals surface area contributed by atoms with Crippen LogP contribution in [0.3, 0.4) is 0 Å². The summed E-state index contributed by atoms with van der Waals surface area (Å²) in [6, 6.07) is 3.02. The molecule has 0 radical (unpaired) electrons. The zero-order chi connectivity index (χ0) is 30.0. The Morgan fingerprint density at radius 2 is 1.73 bits per heavy atom. The van der Waals surface area contributed by atoms with Crippen molar-refractivity contribution in [2.75, 3.05) is 26.8 Å². The molecule has 1 aromatic rings. The summed E-state index contributed by atoms with van der Waals surface area (Å²) in [7, 11) is 4.45. The first-order valence-corrected chi connectivity index (χ1v) is 15.5. The van der Waals surface area contributed by atoms with Crippen molar-refractivity contribution >= 4 is 45.1 Å². The topological polar surface area (TPSA) is 159 Å². The van der Waals surface area contributed by atoms with E-state index in [9.17, 15) is 24.5 Å². The first kappa shape index (κ1) is 35.6. The predicted octanol–water partition coefficient (Wildman–Crippen LogP) is 4.41. The average molecular weight is 603 g/mol. The number of amides is 2. The van der Waals surface area contributed by atoms with Gasteiger partial charge in [0.25, 0.3) is 5.69 Å². The number of esters is 1. The monoisotopic (exact) mass is 602 g/mol. The molecule has 1 heterocycles. The molecular weight excluding hydrogens is 560 g/mol. The highest BCUT2D eigenvalue weighted by Gasteiger charge is 2.21. The third-order valence-corrected chi connectivity index (χ3v) is 8.96. The number of hydrogen-bond acceptors (Lipinski definition) is 11. The van der Waals surface area contributed by atoms with E-state index in [1.165, 1.54) is 30.2 Å². The van der Waals surface area contributed by atoms with Gasteiger partial charge in [0.05, 0.1) is 17.4 Å². The van der Waals surface area contributed by atoms with Gasteiger partial charge < -0.3 is 24.8 Å². The lowest BCUT2D eigenvalue weighted by Gasteiger charge is -2.22. The number of carbonyl (C=O) groups is 3. The maximum absolute atomic E-state index is 12.2. The fraction of sp³-hybridized carbons (Fsp3) is 0.692. The minimum atomic E-state index is -0.638. The minimum absolute atomic E-state index is 0.0103. The zero-order valence-electron chi connectivity index (χ0n) is 23.9. The molecule has 0 spiro atoms. The van der Waals surface area contributed by atoms with Gasteiger partial charge in [0.2, 0.25) is 11.8 Å². The fourth-order valence-electron chi connectivity index (χ4n) is 3.17. The molecule has 0 saturated heterocycles. The van der Waals surface area contributed by atoms with E-state index < -0.39 is 17.2 Å². The van der Waals surface area contributed by atoms with Gasteiger partial charge in [-0.15, -0.1) is 0 Å². The molecule has 1 aromatic heterocycles. The average Bonchev–Trinajstić information content (AvgIpc) is 2.94. The highest BCUT2D eigenvalue weighted by atomic mass is 33.1. The molecule has 0 fully saturated rings. The van der Waals surface area contributed by atoms with E-state index in [0.29, 0.717) is 37.4 Å². The maximum Gasteiger partial charge on any atom is 0.306 e. The molecule has 1 rings (SSSR count). The van der Waals surface area contributed by atoms with Crippen LogP contribution in [0, 0.1) is 10.1 Å². The van der Waals surface area contributed by atoms with Gasteiger partial charge in [-0.2, -0.15) is 0 Å². The Kier molecular flexibility index (Phi) is 17.5. The highest BCUT2D eigenvalue weighted by Crippen LogP contribution is 2.42. The first-order valence-electron chi connectivity index (χ1n) is 13.3. The van der Waals surface area contributed by atoms with Gasteiger partial charge in [0.15, 0.2) is 6.29 Å². The molecule has 14 heteroatoms. The summed E-state index contributed by atoms with van der Waals surface area (Å²) in [4.78, 5) is 50.4. The summed E-state index contributed by atoms with van der Waals surface area (Å²) >= 11 is 0. The van der Waals surface area contributed by atoms with Crippen molar-refractivity contribution in [1.29, 1.82) is 0 Å². The number of rotatable bonds is 21. The van der Waals surface area contributed by atoms with Gasteiger partial charge in [-0.1, -0.05) is 24.6 Å². The lowest BCUT2D eigenvalue weighted by Crippen LogP contribution is -2.31. The minimum Gasteiger partial charge on any atom is -0.460 e. The molecule has 2 amide bonds. The zero-order valence-corrected chi connectivity index (χ0v) is 25.6. The number of ether oxygens (including phenoxy) is 3. The molecule has 12 nitrogen and oxygen atoms in total. The number of aromatic nitrogens is 1. The van der Waals surface area contributed by atoms with E-state index in [4.69, 9.17) is 14.2 Å². The standard InChI is InChI=1S/C26H42N4O8S2/c1-6-20(7-2)38-25(36-5)18-37-24(33)12-10-21(31)27-15-8-16-28-22(32)13-14-26(3,4)40-39-23-11-9-19(17-29-23)30(34)35/h9,11,17,20,25H,6-8,10,12-16,18H2,1-5H3,(H,27,31)(H,28,32). The van der Waals surface area contributed by atoms with Gasteiger partial charge in [-0.25, -0.2) is 4.98 Å². The number of pyridine rings is 1. The highest BCUT2D eigenvalue weighted by molar-refractivity contribution is 8.77. The Morgan fingerprint density at radius 1 is 1.07 bits per heavy atom. The molecule has 226 valence electrons. The summed E-state index contributed by atoms with van der Waals surface area (Å²) in [5.41, 5.74) is -0.0555. The van der Waals surface area contributed by atoms with Crippen molar-refractivity contribution in [1.82, 2.24) is 15.6 Å². The summed E-state index contributed by atoms with van der Waals surface area (Å²) in [6.45, 7) is 8.83. The molecule has 0 saturated carbocycles. The molecule has 1 unspecified atom stereocenters. The van der Waals surface area contributed by atoms with Crippen molar-refractivity contribution in [2.24, 2.45) is 0 Å². The van der Waals surface area contributed by atoms with Gasteiger partial charge in [0.1, 0.15) is 17.8 Å². The van der Waals surface area contributed by atoms with Crippen LogP contribution in [0.4, 0.5) is 5.69 Å². The van der Waals surface area contributed by atoms with Crippen molar-refractivity contribution in [3.63, 3.8) is 0 Å². The van der Waals surface area contributed by atoms with Crippen molar-refractivity contribution in [3.05, 3.63) is 28.4 Å². The number of nitro groups is 1. The van der Waals surface area contributed by atoms with Crippen molar-refractivity contribution in [2.45, 2.75) is 94.8 Å². The van der Waals surface area contributed by atoms with E-state index in [-0.39, 0.29) is 47.8 Å². The second-order valence-electron chi connectivity index (χ2n) is 9.51. The molecule has 0 aromatic carbocycles. The second-order valence-corrected chi connectivity index (χ2v) is 12.4. The Labute approximate surface area is 244 Å². The number of hydrogen-bond donors (Lipinski definition) is 2. The third-order valence-electron chi connectivity index (χ3n) is 5.69. The molecule has 0 aliphatic carbocycles. The van der Waals surface area contributed by atoms with E-state index in [2.05, 4.69) is 15.6 Å². The van der Waals surface area contributed by atoms with Gasteiger partial charge in [-0.05, 0) is 56.4 Å². The molecule has 0 aliphatic rings. The Bertz CT molecular complexity index is 930. The Balaban J connectivity index is 2.14. The van der Waals surface area contributed by atoms with Gasteiger partial charge in [-0.3, -0.25) is 24.5 Å². The van der Waals surface area contributed by atoms with Gasteiger partial charge in [0, 0.05) is 43.9 Å². The summed E-state index contributed by atoms with van der Waals surface area (Å²) in [6.07, 6.45) is 3.78. The fourth-order valence-corrected chi connectivity index (χ4v) is 5.36. The molecule has 0 bridgehead atoms. The van der Waals surface area contributed by atoms with Crippen LogP contribution in [0.2, 0.25) is 0 Å². The van der Waals surface area contributed by atoms with E-state index in [1.54, 1.807) is 16.9 Å². The van der Waals surface area contributed by atoms with Crippen LogP contribution < -0.4 is 10.6 Å². The number of nitrogens with one attached hydrogen (secondary N) is 2. The second kappa shape index (κ2) is 19.6. The van der Waals surface area contributed by atoms with E-state index >= 15 is 0 Å². The van der Waals surface area contributed by atoms with Crippen LogP contribution in [-0.2, 0) is 28.6 Å². The molecule has 0 aliphatic heterocycles. The molecular formula is C26H42N4O8S2. The SMILES string of the molecule is CCC(CC)OC(COC(=O)CCC(=O)NCCCNC(=O)CCC(C)(C)SSc1ccc([N+](=O)[O-])cn1)OC. The maximum atomic E-state index is 12.2. The first-order chi connectivity index (χ1) is 19.0. The van der Waals surface area contributed by atoms with Crippen molar-refractivity contribution < 1.29 is 33.5 Å². The lowest BCUT2D eigenvalue weighted by molar-refractivity contribution is -0.385. The Morgan fingerprint density at radius 3 is 2.27 bits per heavy atom. The van der Waals surface area contributed by atoms with Crippen LogP contribution in [-0.4, -0.2) is 71.6 Å². The summed E-state index contributed by atoms with van der Waals surface area (Å²) < 4.78 is 15.8. The Hall–Kier alpha value is -2.42. The normalized spacial score (nSPS) is 12.2.